The lowest BCUT2D eigenvalue weighted by Gasteiger charge is -2.17. The van der Waals surface area contributed by atoms with E-state index >= 15 is 0 Å². The van der Waals surface area contributed by atoms with Crippen LogP contribution in [0.4, 0.5) is 5.13 Å². The van der Waals surface area contributed by atoms with E-state index in [1.54, 1.807) is 11.3 Å². The third kappa shape index (κ3) is 4.49. The normalized spacial score (nSPS) is 12.8. The van der Waals surface area contributed by atoms with E-state index < -0.39 is 0 Å². The summed E-state index contributed by atoms with van der Waals surface area (Å²) in [5, 5.41) is 9.53. The fourth-order valence-electron chi connectivity index (χ4n) is 4.05. The van der Waals surface area contributed by atoms with Crippen molar-refractivity contribution < 1.29 is 4.79 Å². The zero-order valence-corrected chi connectivity index (χ0v) is 18.9. The average molecular weight is 450 g/mol. The molecule has 31 heavy (non-hydrogen) atoms. The molecule has 0 fully saturated rings. The summed E-state index contributed by atoms with van der Waals surface area (Å²) in [6.07, 6.45) is 1.77. The number of halogens is 1. The van der Waals surface area contributed by atoms with Gasteiger partial charge in [-0.25, -0.2) is 4.98 Å². The summed E-state index contributed by atoms with van der Waals surface area (Å²) in [4.78, 5) is 18.6. The van der Waals surface area contributed by atoms with Crippen molar-refractivity contribution in [1.82, 2.24) is 10.3 Å². The molecule has 1 aliphatic heterocycles. The lowest BCUT2D eigenvalue weighted by molar-refractivity contribution is 0.102. The van der Waals surface area contributed by atoms with Crippen LogP contribution in [-0.2, 0) is 19.4 Å². The van der Waals surface area contributed by atoms with Gasteiger partial charge in [0.25, 0.3) is 5.91 Å². The van der Waals surface area contributed by atoms with Gasteiger partial charge in [-0.3, -0.25) is 10.1 Å². The van der Waals surface area contributed by atoms with E-state index in [4.69, 9.17) is 0 Å². The minimum atomic E-state index is -0.0956. The molecule has 4 nitrogen and oxygen atoms in total. The fraction of sp³-hybridized carbons (Fsp3) is 0.200. The number of amides is 1. The third-order valence-electron chi connectivity index (χ3n) is 5.70. The molecule has 2 N–H and O–H groups in total. The van der Waals surface area contributed by atoms with Crippen molar-refractivity contribution in [3.8, 4) is 0 Å². The highest BCUT2D eigenvalue weighted by molar-refractivity contribution is 7.15. The van der Waals surface area contributed by atoms with Gasteiger partial charge in [-0.05, 0) is 59.5 Å². The minimum Gasteiger partial charge on any atom is -0.312 e. The first-order valence-corrected chi connectivity index (χ1v) is 11.1. The van der Waals surface area contributed by atoms with E-state index in [-0.39, 0.29) is 18.3 Å². The number of aryl methyl sites for hydroxylation is 1. The van der Waals surface area contributed by atoms with E-state index in [9.17, 15) is 4.79 Å². The summed E-state index contributed by atoms with van der Waals surface area (Å²) < 4.78 is 0. The highest BCUT2D eigenvalue weighted by atomic mass is 35.5. The highest BCUT2D eigenvalue weighted by Crippen LogP contribution is 2.28. The minimum absolute atomic E-state index is 0. The topological polar surface area (TPSA) is 54.0 Å². The predicted octanol–water partition coefficient (Wildman–Crippen LogP) is 5.52. The third-order valence-corrected chi connectivity index (χ3v) is 6.77. The number of fused-ring (bicyclic) bond motifs is 2. The molecule has 0 atom stereocenters. The lowest BCUT2D eigenvalue weighted by atomic mass is 9.98. The SMILES string of the molecule is Cc1nc(NC(=O)c2ccc3c(c2)CCNC3)sc1Cc1cccc2ccccc12.Cl. The number of rotatable bonds is 4. The standard InChI is InChI=1S/C25H23N3OS.ClH/c1-16-23(14-19-7-4-6-17-5-2-3-8-22(17)19)30-25(27-16)28-24(29)20-9-10-21-15-26-12-11-18(21)13-20;/h2-10,13,26H,11-12,14-15H2,1H3,(H,27,28,29);1H. The van der Waals surface area contributed by atoms with Crippen LogP contribution in [0.3, 0.4) is 0 Å². The average Bonchev–Trinajstić information content (AvgIpc) is 3.12. The number of aromatic nitrogens is 1. The van der Waals surface area contributed by atoms with Crippen LogP contribution in [0.25, 0.3) is 10.8 Å². The van der Waals surface area contributed by atoms with Gasteiger partial charge in [0.15, 0.2) is 5.13 Å². The monoisotopic (exact) mass is 449 g/mol. The first kappa shape index (κ1) is 21.5. The van der Waals surface area contributed by atoms with Gasteiger partial charge >= 0.3 is 0 Å². The Morgan fingerprint density at radius 2 is 1.94 bits per heavy atom. The van der Waals surface area contributed by atoms with Crippen LogP contribution in [0.15, 0.2) is 60.7 Å². The van der Waals surface area contributed by atoms with Gasteiger partial charge in [0.2, 0.25) is 0 Å². The molecule has 0 spiro atoms. The van der Waals surface area contributed by atoms with Crippen LogP contribution >= 0.6 is 23.7 Å². The Morgan fingerprint density at radius 1 is 1.10 bits per heavy atom. The lowest BCUT2D eigenvalue weighted by Crippen LogP contribution is -2.24. The molecule has 0 radical (unpaired) electrons. The zero-order chi connectivity index (χ0) is 20.5. The molecule has 1 amide bonds. The maximum atomic E-state index is 12.8. The fourth-order valence-corrected chi connectivity index (χ4v) is 5.03. The first-order chi connectivity index (χ1) is 14.7. The smallest absolute Gasteiger partial charge is 0.257 e. The second kappa shape index (κ2) is 9.18. The van der Waals surface area contributed by atoms with Gasteiger partial charge in [-0.2, -0.15) is 0 Å². The van der Waals surface area contributed by atoms with Crippen molar-refractivity contribution in [1.29, 1.82) is 0 Å². The molecule has 3 aromatic carbocycles. The number of anilines is 1. The van der Waals surface area contributed by atoms with Crippen LogP contribution in [0.2, 0.25) is 0 Å². The summed E-state index contributed by atoms with van der Waals surface area (Å²) in [6, 6.07) is 20.8. The van der Waals surface area contributed by atoms with Crippen LogP contribution in [-0.4, -0.2) is 17.4 Å². The Labute approximate surface area is 192 Å². The Bertz CT molecular complexity index is 1250. The molecule has 4 aromatic rings. The van der Waals surface area contributed by atoms with Crippen molar-refractivity contribution in [3.63, 3.8) is 0 Å². The highest BCUT2D eigenvalue weighted by Gasteiger charge is 2.15. The molecule has 5 rings (SSSR count). The maximum Gasteiger partial charge on any atom is 0.257 e. The summed E-state index contributed by atoms with van der Waals surface area (Å²) in [5.41, 5.74) is 5.48. The van der Waals surface area contributed by atoms with E-state index in [2.05, 4.69) is 64.1 Å². The largest absolute Gasteiger partial charge is 0.312 e. The Morgan fingerprint density at radius 3 is 2.84 bits per heavy atom. The van der Waals surface area contributed by atoms with Crippen molar-refractivity contribution in [2.24, 2.45) is 0 Å². The summed E-state index contributed by atoms with van der Waals surface area (Å²) in [6.45, 7) is 3.85. The molecule has 2 heterocycles. The predicted molar refractivity (Wildman–Crippen MR) is 131 cm³/mol. The molecule has 0 unspecified atom stereocenters. The number of hydrogen-bond acceptors (Lipinski definition) is 4. The Kier molecular flexibility index (Phi) is 6.37. The van der Waals surface area contributed by atoms with E-state index in [0.717, 1.165) is 31.6 Å². The van der Waals surface area contributed by atoms with Crippen LogP contribution in [0.1, 0.15) is 37.6 Å². The number of benzene rings is 3. The van der Waals surface area contributed by atoms with Crippen molar-refractivity contribution in [2.75, 3.05) is 11.9 Å². The summed E-state index contributed by atoms with van der Waals surface area (Å²) >= 11 is 1.56. The van der Waals surface area contributed by atoms with E-state index in [0.29, 0.717) is 10.7 Å². The molecular weight excluding hydrogens is 426 g/mol. The molecule has 1 aromatic heterocycles. The van der Waals surface area contributed by atoms with Crippen molar-refractivity contribution in [3.05, 3.63) is 93.5 Å². The molecule has 1 aliphatic rings. The second-order valence-corrected chi connectivity index (χ2v) is 8.79. The van der Waals surface area contributed by atoms with Crippen LogP contribution < -0.4 is 10.6 Å². The van der Waals surface area contributed by atoms with Crippen molar-refractivity contribution in [2.45, 2.75) is 26.3 Å². The molecule has 0 saturated heterocycles. The Hall–Kier alpha value is -2.73. The van der Waals surface area contributed by atoms with Gasteiger partial charge < -0.3 is 5.32 Å². The van der Waals surface area contributed by atoms with E-state index in [1.165, 1.54) is 32.3 Å². The molecule has 0 saturated carbocycles. The summed E-state index contributed by atoms with van der Waals surface area (Å²) in [5.74, 6) is -0.0956. The first-order valence-electron chi connectivity index (χ1n) is 10.2. The number of nitrogens with zero attached hydrogens (tertiary/aromatic N) is 1. The molecule has 6 heteroatoms. The van der Waals surface area contributed by atoms with Gasteiger partial charge in [0.1, 0.15) is 0 Å². The molecule has 0 aliphatic carbocycles. The van der Waals surface area contributed by atoms with Crippen LogP contribution in [0, 0.1) is 6.92 Å². The summed E-state index contributed by atoms with van der Waals surface area (Å²) in [7, 11) is 0. The van der Waals surface area contributed by atoms with Crippen LogP contribution in [0.5, 0.6) is 0 Å². The van der Waals surface area contributed by atoms with Gasteiger partial charge in [-0.15, -0.1) is 23.7 Å². The number of carbonyl (C=O) groups is 1. The number of hydrogen-bond donors (Lipinski definition) is 2. The van der Waals surface area contributed by atoms with E-state index in [1.807, 2.05) is 19.1 Å². The number of thiazole rings is 1. The number of carbonyl (C=O) groups excluding carboxylic acids is 1. The second-order valence-electron chi connectivity index (χ2n) is 7.71. The molecule has 158 valence electrons. The van der Waals surface area contributed by atoms with Gasteiger partial charge in [0, 0.05) is 23.4 Å². The van der Waals surface area contributed by atoms with Gasteiger partial charge in [-0.1, -0.05) is 48.5 Å². The Balaban J connectivity index is 0.00000231. The number of nitrogens with one attached hydrogen (secondary N) is 2. The molecule has 0 bridgehead atoms. The zero-order valence-electron chi connectivity index (χ0n) is 17.3. The van der Waals surface area contributed by atoms with Gasteiger partial charge in [0.05, 0.1) is 5.69 Å². The van der Waals surface area contributed by atoms with Crippen molar-refractivity contribution >= 4 is 45.6 Å². The molecular formula is C25H24ClN3OS. The quantitative estimate of drug-likeness (QED) is 0.431. The maximum absolute atomic E-state index is 12.8.